The predicted octanol–water partition coefficient (Wildman–Crippen LogP) is 1.91. The van der Waals surface area contributed by atoms with Crippen LogP contribution in [0.15, 0.2) is 18.2 Å². The molecule has 0 bridgehead atoms. The smallest absolute Gasteiger partial charge is 0.406 e. The molecule has 0 unspecified atom stereocenters. The van der Waals surface area contributed by atoms with Crippen molar-refractivity contribution in [1.82, 2.24) is 4.90 Å². The molecular weight excluding hydrogens is 249 g/mol. The summed E-state index contributed by atoms with van der Waals surface area (Å²) in [6.45, 7) is -1.31. The van der Waals surface area contributed by atoms with Gasteiger partial charge in [-0.2, -0.15) is 13.2 Å². The molecule has 0 aliphatic carbocycles. The molecule has 0 spiro atoms. The van der Waals surface area contributed by atoms with Gasteiger partial charge in [-0.1, -0.05) is 0 Å². The van der Waals surface area contributed by atoms with Crippen LogP contribution < -0.4 is 10.5 Å². The zero-order valence-corrected chi connectivity index (χ0v) is 9.91. The Morgan fingerprint density at radius 2 is 2.06 bits per heavy atom. The van der Waals surface area contributed by atoms with Gasteiger partial charge in [-0.3, -0.25) is 4.79 Å². The van der Waals surface area contributed by atoms with E-state index in [0.717, 1.165) is 7.05 Å². The molecule has 4 nitrogen and oxygen atoms in total. The molecule has 0 heterocycles. The van der Waals surface area contributed by atoms with E-state index in [1.54, 1.807) is 0 Å². The summed E-state index contributed by atoms with van der Waals surface area (Å²) < 4.78 is 41.4. The molecule has 1 aromatic carbocycles. The fourth-order valence-corrected chi connectivity index (χ4v) is 1.41. The molecule has 0 atom stereocenters. The first-order valence-electron chi connectivity index (χ1n) is 5.00. The fourth-order valence-electron chi connectivity index (χ4n) is 1.41. The lowest BCUT2D eigenvalue weighted by molar-refractivity contribution is -0.138. The van der Waals surface area contributed by atoms with Gasteiger partial charge in [0.1, 0.15) is 12.3 Å². The number of carbonyl (C=O) groups is 1. The summed E-state index contributed by atoms with van der Waals surface area (Å²) in [6.07, 6.45) is -4.43. The van der Waals surface area contributed by atoms with Gasteiger partial charge in [-0.05, 0) is 18.2 Å². The quantitative estimate of drug-likeness (QED) is 0.846. The summed E-state index contributed by atoms with van der Waals surface area (Å²) in [4.78, 5) is 12.3. The van der Waals surface area contributed by atoms with Crippen molar-refractivity contribution in [2.24, 2.45) is 0 Å². The molecule has 0 radical (unpaired) electrons. The minimum Gasteiger partial charge on any atom is -0.495 e. The van der Waals surface area contributed by atoms with E-state index in [1.807, 2.05) is 0 Å². The summed E-state index contributed by atoms with van der Waals surface area (Å²) in [5.74, 6) is -0.494. The average molecular weight is 262 g/mol. The molecule has 2 N–H and O–H groups in total. The van der Waals surface area contributed by atoms with Gasteiger partial charge in [0.15, 0.2) is 0 Å². The second kappa shape index (κ2) is 5.16. The Hall–Kier alpha value is -1.92. The van der Waals surface area contributed by atoms with Crippen molar-refractivity contribution in [3.8, 4) is 5.75 Å². The van der Waals surface area contributed by atoms with Crippen LogP contribution in [0.3, 0.4) is 0 Å². The van der Waals surface area contributed by atoms with E-state index >= 15 is 0 Å². The highest BCUT2D eigenvalue weighted by Crippen LogP contribution is 2.23. The monoisotopic (exact) mass is 262 g/mol. The highest BCUT2D eigenvalue weighted by atomic mass is 19.4. The van der Waals surface area contributed by atoms with E-state index < -0.39 is 18.6 Å². The summed E-state index contributed by atoms with van der Waals surface area (Å²) in [7, 11) is 2.44. The lowest BCUT2D eigenvalue weighted by atomic mass is 10.1. The molecule has 100 valence electrons. The molecule has 0 aromatic heterocycles. The Kier molecular flexibility index (Phi) is 4.05. The number of carbonyl (C=O) groups excluding carboxylic acids is 1. The second-order valence-electron chi connectivity index (χ2n) is 3.73. The third kappa shape index (κ3) is 3.54. The summed E-state index contributed by atoms with van der Waals surface area (Å²) >= 11 is 0. The van der Waals surface area contributed by atoms with Crippen molar-refractivity contribution < 1.29 is 22.7 Å². The van der Waals surface area contributed by atoms with Gasteiger partial charge in [0.2, 0.25) is 0 Å². The molecule has 1 aromatic rings. The van der Waals surface area contributed by atoms with Crippen LogP contribution in [-0.4, -0.2) is 37.7 Å². The van der Waals surface area contributed by atoms with Gasteiger partial charge in [-0.25, -0.2) is 0 Å². The number of benzene rings is 1. The lowest BCUT2D eigenvalue weighted by Crippen LogP contribution is -2.35. The van der Waals surface area contributed by atoms with Crippen LogP contribution in [0.1, 0.15) is 10.4 Å². The molecule has 0 aliphatic heterocycles. The molecule has 1 amide bonds. The van der Waals surface area contributed by atoms with Crippen LogP contribution in [0.25, 0.3) is 0 Å². The van der Waals surface area contributed by atoms with E-state index in [4.69, 9.17) is 10.5 Å². The fraction of sp³-hybridized carbons (Fsp3) is 0.364. The van der Waals surface area contributed by atoms with Crippen molar-refractivity contribution in [3.05, 3.63) is 23.8 Å². The van der Waals surface area contributed by atoms with Crippen LogP contribution in [0.2, 0.25) is 0 Å². The number of nitrogens with zero attached hydrogens (tertiary/aromatic N) is 1. The van der Waals surface area contributed by atoms with Crippen molar-refractivity contribution in [2.75, 3.05) is 26.4 Å². The molecule has 0 fully saturated rings. The number of nitrogens with two attached hydrogens (primary N) is 1. The van der Waals surface area contributed by atoms with E-state index in [2.05, 4.69) is 0 Å². The van der Waals surface area contributed by atoms with Gasteiger partial charge in [0, 0.05) is 12.6 Å². The number of ether oxygens (including phenoxy) is 1. The average Bonchev–Trinajstić information content (AvgIpc) is 2.26. The number of amides is 1. The van der Waals surface area contributed by atoms with Crippen molar-refractivity contribution >= 4 is 11.6 Å². The molecule has 0 saturated carbocycles. The Morgan fingerprint density at radius 1 is 1.44 bits per heavy atom. The van der Waals surface area contributed by atoms with Crippen LogP contribution >= 0.6 is 0 Å². The van der Waals surface area contributed by atoms with Crippen LogP contribution in [-0.2, 0) is 0 Å². The molecule has 1 rings (SSSR count). The van der Waals surface area contributed by atoms with Crippen molar-refractivity contribution in [1.29, 1.82) is 0 Å². The standard InChI is InChI=1S/C11H13F3N2O2/c1-16(6-11(12,13)14)10(17)7-3-4-8(15)9(5-7)18-2/h3-5H,6,15H2,1-2H3. The van der Waals surface area contributed by atoms with E-state index in [0.29, 0.717) is 10.6 Å². The highest BCUT2D eigenvalue weighted by Gasteiger charge is 2.31. The number of anilines is 1. The Balaban J connectivity index is 2.90. The van der Waals surface area contributed by atoms with E-state index in [9.17, 15) is 18.0 Å². The molecule has 18 heavy (non-hydrogen) atoms. The normalized spacial score (nSPS) is 11.2. The van der Waals surface area contributed by atoms with Gasteiger partial charge < -0.3 is 15.4 Å². The first-order chi connectivity index (χ1) is 8.24. The number of hydrogen-bond acceptors (Lipinski definition) is 3. The summed E-state index contributed by atoms with van der Waals surface area (Å²) in [5, 5.41) is 0. The molecule has 7 heteroatoms. The number of alkyl halides is 3. The number of halogens is 3. The Labute approximate surface area is 102 Å². The van der Waals surface area contributed by atoms with Crippen molar-refractivity contribution in [2.45, 2.75) is 6.18 Å². The predicted molar refractivity (Wildman–Crippen MR) is 60.4 cm³/mol. The summed E-state index contributed by atoms with van der Waals surface area (Å²) in [6, 6.07) is 4.07. The topological polar surface area (TPSA) is 55.6 Å². The van der Waals surface area contributed by atoms with Crippen LogP contribution in [0.5, 0.6) is 5.75 Å². The van der Waals surface area contributed by atoms with E-state index in [1.165, 1.54) is 25.3 Å². The number of hydrogen-bond donors (Lipinski definition) is 1. The molecular formula is C11H13F3N2O2. The first-order valence-corrected chi connectivity index (χ1v) is 5.00. The minimum absolute atomic E-state index is 0.0906. The first kappa shape index (κ1) is 14.1. The largest absolute Gasteiger partial charge is 0.495 e. The van der Waals surface area contributed by atoms with Crippen LogP contribution in [0, 0.1) is 0 Å². The van der Waals surface area contributed by atoms with Crippen molar-refractivity contribution in [3.63, 3.8) is 0 Å². The second-order valence-corrected chi connectivity index (χ2v) is 3.73. The maximum Gasteiger partial charge on any atom is 0.406 e. The third-order valence-corrected chi connectivity index (χ3v) is 2.24. The Morgan fingerprint density at radius 3 is 2.56 bits per heavy atom. The molecule has 0 saturated heterocycles. The SMILES string of the molecule is COc1cc(C(=O)N(C)CC(F)(F)F)ccc1N. The lowest BCUT2D eigenvalue weighted by Gasteiger charge is -2.19. The number of nitrogen functional groups attached to an aromatic ring is 1. The van der Waals surface area contributed by atoms with Gasteiger partial charge >= 0.3 is 6.18 Å². The van der Waals surface area contributed by atoms with Crippen LogP contribution in [0.4, 0.5) is 18.9 Å². The maximum atomic E-state index is 12.2. The minimum atomic E-state index is -4.43. The van der Waals surface area contributed by atoms with Gasteiger partial charge in [-0.15, -0.1) is 0 Å². The zero-order chi connectivity index (χ0) is 13.9. The summed E-state index contributed by atoms with van der Waals surface area (Å²) in [5.41, 5.74) is 5.95. The third-order valence-electron chi connectivity index (χ3n) is 2.24. The Bertz CT molecular complexity index is 446. The van der Waals surface area contributed by atoms with E-state index in [-0.39, 0.29) is 11.3 Å². The van der Waals surface area contributed by atoms with Gasteiger partial charge in [0.25, 0.3) is 5.91 Å². The number of methoxy groups -OCH3 is 1. The number of rotatable bonds is 3. The highest BCUT2D eigenvalue weighted by molar-refractivity contribution is 5.95. The zero-order valence-electron chi connectivity index (χ0n) is 9.91. The van der Waals surface area contributed by atoms with Gasteiger partial charge in [0.05, 0.1) is 12.8 Å². The maximum absolute atomic E-state index is 12.2. The molecule has 0 aliphatic rings.